The summed E-state index contributed by atoms with van der Waals surface area (Å²) in [5.41, 5.74) is 1.40. The first-order valence-corrected chi connectivity index (χ1v) is 8.21. The number of piperidine rings is 1. The van der Waals surface area contributed by atoms with E-state index in [-0.39, 0.29) is 0 Å². The number of hydrogen-bond donors (Lipinski definition) is 1. The van der Waals surface area contributed by atoms with Gasteiger partial charge in [0.25, 0.3) is 0 Å². The number of hydrogen-bond acceptors (Lipinski definition) is 4. The highest BCUT2D eigenvalue weighted by Crippen LogP contribution is 2.21. The van der Waals surface area contributed by atoms with E-state index < -0.39 is 0 Å². The molecule has 0 aromatic carbocycles. The van der Waals surface area contributed by atoms with Crippen LogP contribution in [0.3, 0.4) is 0 Å². The number of pyridine rings is 1. The van der Waals surface area contributed by atoms with Gasteiger partial charge in [0.05, 0.1) is 0 Å². The number of thiophene rings is 1. The molecular formula is C16H21N3S. The van der Waals surface area contributed by atoms with Gasteiger partial charge in [-0.3, -0.25) is 0 Å². The Morgan fingerprint density at radius 3 is 2.80 bits per heavy atom. The smallest absolute Gasteiger partial charge is 0.128 e. The van der Waals surface area contributed by atoms with Crippen molar-refractivity contribution in [2.75, 3.05) is 18.0 Å². The van der Waals surface area contributed by atoms with Gasteiger partial charge in [-0.15, -0.1) is 0 Å². The summed E-state index contributed by atoms with van der Waals surface area (Å²) >= 11 is 1.77. The summed E-state index contributed by atoms with van der Waals surface area (Å²) in [5, 5.41) is 8.14. The van der Waals surface area contributed by atoms with Gasteiger partial charge in [-0.25, -0.2) is 4.98 Å². The first-order valence-electron chi connectivity index (χ1n) is 7.27. The number of rotatable bonds is 4. The zero-order valence-electron chi connectivity index (χ0n) is 11.8. The second-order valence-electron chi connectivity index (χ2n) is 5.39. The van der Waals surface area contributed by atoms with Crippen molar-refractivity contribution in [1.29, 1.82) is 0 Å². The van der Waals surface area contributed by atoms with Crippen LogP contribution in [-0.2, 0) is 0 Å². The average molecular weight is 287 g/mol. The first-order chi connectivity index (χ1) is 9.83. The Bertz CT molecular complexity index is 504. The molecule has 4 heteroatoms. The Morgan fingerprint density at radius 2 is 2.15 bits per heavy atom. The van der Waals surface area contributed by atoms with Crippen LogP contribution in [0.25, 0.3) is 0 Å². The minimum Gasteiger partial charge on any atom is -0.357 e. The summed E-state index contributed by atoms with van der Waals surface area (Å²) in [7, 11) is 0. The summed E-state index contributed by atoms with van der Waals surface area (Å²) in [6.07, 6.45) is 4.24. The van der Waals surface area contributed by atoms with Crippen LogP contribution in [0.1, 0.15) is 31.4 Å². The predicted octanol–water partition coefficient (Wildman–Crippen LogP) is 3.46. The van der Waals surface area contributed by atoms with E-state index in [4.69, 9.17) is 0 Å². The van der Waals surface area contributed by atoms with Gasteiger partial charge in [-0.05, 0) is 54.3 Å². The van der Waals surface area contributed by atoms with Crippen LogP contribution in [0.2, 0.25) is 0 Å². The number of anilines is 1. The molecule has 2 aromatic heterocycles. The highest BCUT2D eigenvalue weighted by molar-refractivity contribution is 7.07. The first kappa shape index (κ1) is 13.6. The molecule has 2 aromatic rings. The van der Waals surface area contributed by atoms with Gasteiger partial charge in [0.15, 0.2) is 0 Å². The quantitative estimate of drug-likeness (QED) is 0.933. The van der Waals surface area contributed by atoms with E-state index in [1.807, 2.05) is 12.3 Å². The van der Waals surface area contributed by atoms with Crippen LogP contribution in [-0.4, -0.2) is 24.1 Å². The van der Waals surface area contributed by atoms with Gasteiger partial charge in [-0.1, -0.05) is 6.07 Å². The zero-order chi connectivity index (χ0) is 13.8. The molecule has 3 heterocycles. The molecule has 1 aliphatic rings. The van der Waals surface area contributed by atoms with E-state index in [0.717, 1.165) is 18.9 Å². The molecule has 1 N–H and O–H groups in total. The fourth-order valence-electron chi connectivity index (χ4n) is 2.79. The number of aromatic nitrogens is 1. The van der Waals surface area contributed by atoms with E-state index in [1.165, 1.54) is 18.4 Å². The Labute approximate surface area is 124 Å². The molecule has 0 saturated carbocycles. The molecular weight excluding hydrogens is 266 g/mol. The van der Waals surface area contributed by atoms with Crippen molar-refractivity contribution < 1.29 is 0 Å². The Hall–Kier alpha value is -1.39. The van der Waals surface area contributed by atoms with Crippen molar-refractivity contribution in [3.05, 3.63) is 46.8 Å². The van der Waals surface area contributed by atoms with Crippen molar-refractivity contribution in [3.8, 4) is 0 Å². The fraction of sp³-hybridized carbons (Fsp3) is 0.438. The van der Waals surface area contributed by atoms with Crippen LogP contribution in [0.4, 0.5) is 5.82 Å². The molecule has 1 aliphatic heterocycles. The largest absolute Gasteiger partial charge is 0.357 e. The van der Waals surface area contributed by atoms with Gasteiger partial charge in [0, 0.05) is 31.4 Å². The van der Waals surface area contributed by atoms with E-state index in [0.29, 0.717) is 12.1 Å². The van der Waals surface area contributed by atoms with Crippen LogP contribution >= 0.6 is 11.3 Å². The van der Waals surface area contributed by atoms with E-state index in [9.17, 15) is 0 Å². The van der Waals surface area contributed by atoms with Crippen LogP contribution in [0.15, 0.2) is 41.2 Å². The molecule has 106 valence electrons. The molecule has 1 unspecified atom stereocenters. The fourth-order valence-corrected chi connectivity index (χ4v) is 3.54. The minimum absolute atomic E-state index is 0.452. The molecule has 1 atom stereocenters. The van der Waals surface area contributed by atoms with Gasteiger partial charge in [-0.2, -0.15) is 11.3 Å². The Morgan fingerprint density at radius 1 is 1.30 bits per heavy atom. The van der Waals surface area contributed by atoms with E-state index >= 15 is 0 Å². The number of nitrogens with one attached hydrogen (secondary N) is 1. The Kier molecular flexibility index (Phi) is 4.33. The average Bonchev–Trinajstić information content (AvgIpc) is 3.03. The monoisotopic (exact) mass is 287 g/mol. The summed E-state index contributed by atoms with van der Waals surface area (Å²) in [4.78, 5) is 6.82. The van der Waals surface area contributed by atoms with Crippen molar-refractivity contribution in [3.63, 3.8) is 0 Å². The third-order valence-corrected chi connectivity index (χ3v) is 4.70. The second-order valence-corrected chi connectivity index (χ2v) is 6.17. The van der Waals surface area contributed by atoms with Crippen molar-refractivity contribution in [2.24, 2.45) is 0 Å². The van der Waals surface area contributed by atoms with E-state index in [2.05, 4.69) is 51.1 Å². The molecule has 0 aliphatic carbocycles. The lowest BCUT2D eigenvalue weighted by Crippen LogP contribution is -2.43. The van der Waals surface area contributed by atoms with Crippen LogP contribution < -0.4 is 10.2 Å². The molecule has 1 fully saturated rings. The number of nitrogens with zero attached hydrogens (tertiary/aromatic N) is 2. The summed E-state index contributed by atoms with van der Waals surface area (Å²) in [6.45, 7) is 4.43. The van der Waals surface area contributed by atoms with Crippen molar-refractivity contribution in [2.45, 2.75) is 31.8 Å². The van der Waals surface area contributed by atoms with Gasteiger partial charge >= 0.3 is 0 Å². The topological polar surface area (TPSA) is 28.2 Å². The molecule has 0 bridgehead atoms. The highest BCUT2D eigenvalue weighted by Gasteiger charge is 2.21. The molecule has 1 saturated heterocycles. The predicted molar refractivity (Wildman–Crippen MR) is 85.3 cm³/mol. The summed E-state index contributed by atoms with van der Waals surface area (Å²) in [6, 6.07) is 9.41. The molecule has 0 amide bonds. The van der Waals surface area contributed by atoms with Gasteiger partial charge < -0.3 is 10.2 Å². The molecule has 3 nitrogen and oxygen atoms in total. The SMILES string of the molecule is CC(NC1CCN(c2ccccn2)CC1)c1ccsc1. The lowest BCUT2D eigenvalue weighted by atomic mass is 10.0. The standard InChI is InChI=1S/C16H21N3S/c1-13(14-7-11-20-12-14)18-15-5-9-19(10-6-15)16-4-2-3-8-17-16/h2-4,7-8,11-13,15,18H,5-6,9-10H2,1H3. The molecule has 0 spiro atoms. The van der Waals surface area contributed by atoms with Crippen LogP contribution in [0, 0.1) is 0 Å². The van der Waals surface area contributed by atoms with Crippen molar-refractivity contribution in [1.82, 2.24) is 10.3 Å². The van der Waals surface area contributed by atoms with Crippen molar-refractivity contribution >= 4 is 17.2 Å². The third-order valence-electron chi connectivity index (χ3n) is 4.00. The lowest BCUT2D eigenvalue weighted by Gasteiger charge is -2.34. The second kappa shape index (κ2) is 6.37. The highest BCUT2D eigenvalue weighted by atomic mass is 32.1. The summed E-state index contributed by atoms with van der Waals surface area (Å²) < 4.78 is 0. The third kappa shape index (κ3) is 3.19. The maximum Gasteiger partial charge on any atom is 0.128 e. The van der Waals surface area contributed by atoms with Crippen LogP contribution in [0.5, 0.6) is 0 Å². The Balaban J connectivity index is 1.51. The molecule has 3 rings (SSSR count). The van der Waals surface area contributed by atoms with E-state index in [1.54, 1.807) is 11.3 Å². The minimum atomic E-state index is 0.452. The van der Waals surface area contributed by atoms with Gasteiger partial charge in [0.2, 0.25) is 0 Å². The zero-order valence-corrected chi connectivity index (χ0v) is 12.6. The normalized spacial score (nSPS) is 18.1. The lowest BCUT2D eigenvalue weighted by molar-refractivity contribution is 0.380. The maximum atomic E-state index is 4.44. The molecule has 0 radical (unpaired) electrons. The summed E-state index contributed by atoms with van der Waals surface area (Å²) in [5.74, 6) is 1.11. The molecule has 20 heavy (non-hydrogen) atoms. The maximum absolute atomic E-state index is 4.44. The van der Waals surface area contributed by atoms with Gasteiger partial charge in [0.1, 0.15) is 5.82 Å².